The third-order valence-corrected chi connectivity index (χ3v) is 5.53. The first kappa shape index (κ1) is 19.8. The Morgan fingerprint density at radius 3 is 2.60 bits per heavy atom. The molecule has 1 aromatic carbocycles. The van der Waals surface area contributed by atoms with Crippen LogP contribution in [0.15, 0.2) is 24.3 Å². The Morgan fingerprint density at radius 2 is 1.96 bits per heavy atom. The van der Waals surface area contributed by atoms with Crippen LogP contribution in [0.3, 0.4) is 0 Å². The molecule has 140 valence electrons. The number of carbonyl (C=O) groups is 1. The van der Waals surface area contributed by atoms with E-state index in [9.17, 15) is 4.79 Å². The Bertz CT molecular complexity index is 509. The van der Waals surface area contributed by atoms with Gasteiger partial charge in [-0.2, -0.15) is 0 Å². The van der Waals surface area contributed by atoms with E-state index < -0.39 is 0 Å². The van der Waals surface area contributed by atoms with Crippen molar-refractivity contribution in [2.24, 2.45) is 17.8 Å². The maximum absolute atomic E-state index is 11.7. The van der Waals surface area contributed by atoms with Crippen LogP contribution in [-0.2, 0) is 16.0 Å². The Hall–Kier alpha value is -1.51. The first-order valence-electron chi connectivity index (χ1n) is 9.95. The van der Waals surface area contributed by atoms with E-state index in [0.717, 1.165) is 43.8 Å². The fourth-order valence-electron chi connectivity index (χ4n) is 3.95. The van der Waals surface area contributed by atoms with Crippen LogP contribution in [-0.4, -0.2) is 19.7 Å². The topological polar surface area (TPSA) is 35.5 Å². The zero-order valence-corrected chi connectivity index (χ0v) is 16.1. The van der Waals surface area contributed by atoms with Crippen molar-refractivity contribution >= 4 is 5.97 Å². The molecular weight excluding hydrogens is 312 g/mol. The molecule has 0 radical (unpaired) electrons. The second kappa shape index (κ2) is 10.5. The van der Waals surface area contributed by atoms with Crippen LogP contribution in [0.1, 0.15) is 64.4 Å². The summed E-state index contributed by atoms with van der Waals surface area (Å²) < 4.78 is 10.9. The van der Waals surface area contributed by atoms with Crippen LogP contribution >= 0.6 is 0 Å². The molecule has 0 bridgehead atoms. The molecule has 3 heteroatoms. The molecule has 0 N–H and O–H groups in total. The summed E-state index contributed by atoms with van der Waals surface area (Å²) in [6.45, 7) is 5.24. The minimum Gasteiger partial charge on any atom is -0.493 e. The van der Waals surface area contributed by atoms with Gasteiger partial charge in [0.2, 0.25) is 0 Å². The third-order valence-electron chi connectivity index (χ3n) is 5.53. The molecule has 0 saturated heterocycles. The summed E-state index contributed by atoms with van der Waals surface area (Å²) in [6, 6.07) is 8.58. The molecule has 1 aromatic rings. The lowest BCUT2D eigenvalue weighted by Crippen LogP contribution is -2.27. The molecule has 1 fully saturated rings. The molecular formula is C22H34O3. The maximum atomic E-state index is 11.7. The number of esters is 1. The van der Waals surface area contributed by atoms with E-state index in [1.165, 1.54) is 31.9 Å². The summed E-state index contributed by atoms with van der Waals surface area (Å²) in [4.78, 5) is 11.7. The molecule has 25 heavy (non-hydrogen) atoms. The van der Waals surface area contributed by atoms with Gasteiger partial charge in [-0.15, -0.1) is 0 Å². The van der Waals surface area contributed by atoms with Crippen molar-refractivity contribution in [3.63, 3.8) is 0 Å². The Balaban J connectivity index is 1.80. The second-order valence-electron chi connectivity index (χ2n) is 7.47. The lowest BCUT2D eigenvalue weighted by molar-refractivity contribution is -0.147. The van der Waals surface area contributed by atoms with Crippen molar-refractivity contribution in [3.8, 4) is 5.75 Å². The van der Waals surface area contributed by atoms with Gasteiger partial charge in [-0.3, -0.25) is 4.79 Å². The van der Waals surface area contributed by atoms with E-state index in [-0.39, 0.29) is 11.9 Å². The Kier molecular flexibility index (Phi) is 8.30. The van der Waals surface area contributed by atoms with Crippen LogP contribution in [0.5, 0.6) is 5.75 Å². The molecule has 0 aromatic heterocycles. The first-order valence-corrected chi connectivity index (χ1v) is 9.95. The molecule has 1 aliphatic carbocycles. The lowest BCUT2D eigenvalue weighted by Gasteiger charge is -2.27. The van der Waals surface area contributed by atoms with Crippen LogP contribution in [0.4, 0.5) is 0 Å². The summed E-state index contributed by atoms with van der Waals surface area (Å²) in [5, 5.41) is 0. The van der Waals surface area contributed by atoms with E-state index in [4.69, 9.17) is 9.47 Å². The van der Waals surface area contributed by atoms with E-state index in [0.29, 0.717) is 12.5 Å². The highest BCUT2D eigenvalue weighted by Gasteiger charge is 2.28. The standard InChI is InChI=1S/C22H34O3/c1-4-7-17(5-2)14-18-10-12-21(13-11-18)25-16-19-8-6-9-20(15-19)22(23)24-3/h10-13,17,19-20H,4-9,14-16H2,1-3H3/t17?,19-,20+/m1/s1. The number of hydrogen-bond donors (Lipinski definition) is 0. The van der Waals surface area contributed by atoms with Gasteiger partial charge in [0.1, 0.15) is 5.75 Å². The number of methoxy groups -OCH3 is 1. The molecule has 0 spiro atoms. The predicted octanol–water partition coefficient (Wildman–Crippen LogP) is 5.41. The highest BCUT2D eigenvalue weighted by Crippen LogP contribution is 2.30. The van der Waals surface area contributed by atoms with Crippen molar-refractivity contribution in [3.05, 3.63) is 29.8 Å². The molecule has 2 rings (SSSR count). The van der Waals surface area contributed by atoms with Gasteiger partial charge in [-0.05, 0) is 55.2 Å². The molecule has 1 saturated carbocycles. The van der Waals surface area contributed by atoms with Gasteiger partial charge >= 0.3 is 5.97 Å². The van der Waals surface area contributed by atoms with Crippen LogP contribution < -0.4 is 4.74 Å². The van der Waals surface area contributed by atoms with Gasteiger partial charge in [0.05, 0.1) is 19.6 Å². The summed E-state index contributed by atoms with van der Waals surface area (Å²) in [5.41, 5.74) is 1.40. The predicted molar refractivity (Wildman–Crippen MR) is 102 cm³/mol. The van der Waals surface area contributed by atoms with Crippen molar-refractivity contribution in [2.45, 2.75) is 65.2 Å². The minimum absolute atomic E-state index is 0.0549. The molecule has 3 atom stereocenters. The van der Waals surface area contributed by atoms with E-state index in [2.05, 4.69) is 38.1 Å². The normalized spacial score (nSPS) is 21.6. The van der Waals surface area contributed by atoms with Crippen molar-refractivity contribution in [1.82, 2.24) is 0 Å². The van der Waals surface area contributed by atoms with Gasteiger partial charge in [-0.25, -0.2) is 0 Å². The molecule has 3 nitrogen and oxygen atoms in total. The minimum atomic E-state index is -0.0633. The van der Waals surface area contributed by atoms with E-state index in [1.807, 2.05) is 0 Å². The fraction of sp³-hybridized carbons (Fsp3) is 0.682. The monoisotopic (exact) mass is 346 g/mol. The highest BCUT2D eigenvalue weighted by atomic mass is 16.5. The molecule has 0 amide bonds. The molecule has 1 aliphatic rings. The third kappa shape index (κ3) is 6.37. The summed E-state index contributed by atoms with van der Waals surface area (Å²) in [5.74, 6) is 2.17. The van der Waals surface area contributed by atoms with Crippen molar-refractivity contribution in [2.75, 3.05) is 13.7 Å². The van der Waals surface area contributed by atoms with Gasteiger partial charge in [0.25, 0.3) is 0 Å². The second-order valence-corrected chi connectivity index (χ2v) is 7.47. The molecule has 0 heterocycles. The quantitative estimate of drug-likeness (QED) is 0.561. The number of hydrogen-bond acceptors (Lipinski definition) is 3. The van der Waals surface area contributed by atoms with Gasteiger partial charge in [0, 0.05) is 0 Å². The zero-order chi connectivity index (χ0) is 18.1. The number of benzene rings is 1. The Morgan fingerprint density at radius 1 is 1.20 bits per heavy atom. The van der Waals surface area contributed by atoms with Crippen LogP contribution in [0, 0.1) is 17.8 Å². The van der Waals surface area contributed by atoms with Crippen molar-refractivity contribution < 1.29 is 14.3 Å². The fourth-order valence-corrected chi connectivity index (χ4v) is 3.95. The number of ether oxygens (including phenoxy) is 2. The van der Waals surface area contributed by atoms with Gasteiger partial charge in [-0.1, -0.05) is 51.7 Å². The van der Waals surface area contributed by atoms with Gasteiger partial charge < -0.3 is 9.47 Å². The van der Waals surface area contributed by atoms with Gasteiger partial charge in [0.15, 0.2) is 0 Å². The average molecular weight is 347 g/mol. The Labute approximate surface area is 153 Å². The van der Waals surface area contributed by atoms with E-state index >= 15 is 0 Å². The largest absolute Gasteiger partial charge is 0.493 e. The highest BCUT2D eigenvalue weighted by molar-refractivity contribution is 5.72. The van der Waals surface area contributed by atoms with E-state index in [1.54, 1.807) is 0 Å². The maximum Gasteiger partial charge on any atom is 0.308 e. The molecule has 1 unspecified atom stereocenters. The molecule has 0 aliphatic heterocycles. The summed E-state index contributed by atoms with van der Waals surface area (Å²) in [7, 11) is 1.48. The van der Waals surface area contributed by atoms with Crippen LogP contribution in [0.2, 0.25) is 0 Å². The zero-order valence-electron chi connectivity index (χ0n) is 16.1. The number of carbonyl (C=O) groups excluding carboxylic acids is 1. The summed E-state index contributed by atoms with van der Waals surface area (Å²) in [6.07, 6.45) is 9.03. The van der Waals surface area contributed by atoms with Crippen LogP contribution in [0.25, 0.3) is 0 Å². The smallest absolute Gasteiger partial charge is 0.308 e. The van der Waals surface area contributed by atoms with Crippen molar-refractivity contribution in [1.29, 1.82) is 0 Å². The SMILES string of the molecule is CCCC(CC)Cc1ccc(OC[C@@H]2CCC[C@H](C(=O)OC)C2)cc1. The lowest BCUT2D eigenvalue weighted by atomic mass is 9.82. The number of rotatable bonds is 9. The first-order chi connectivity index (χ1) is 12.2. The summed E-state index contributed by atoms with van der Waals surface area (Å²) >= 11 is 0. The average Bonchev–Trinajstić information content (AvgIpc) is 2.66.